The second kappa shape index (κ2) is 4.96. The second-order valence-electron chi connectivity index (χ2n) is 4.97. The standard InChI is InChI=1S/C14H22O3/c1-9-7-11(16-5)13(17-6)12(10(9)2)14(3,4)8-15/h7,15H,8H2,1-6H3. The highest BCUT2D eigenvalue weighted by Crippen LogP contribution is 2.42. The van der Waals surface area contributed by atoms with E-state index in [1.54, 1.807) is 14.2 Å². The molecule has 0 spiro atoms. The highest BCUT2D eigenvalue weighted by molar-refractivity contribution is 5.56. The fourth-order valence-electron chi connectivity index (χ4n) is 2.11. The third-order valence-corrected chi connectivity index (χ3v) is 3.26. The van der Waals surface area contributed by atoms with Crippen LogP contribution < -0.4 is 9.47 Å². The minimum atomic E-state index is -0.352. The number of aryl methyl sites for hydroxylation is 1. The van der Waals surface area contributed by atoms with E-state index in [2.05, 4.69) is 0 Å². The Bertz CT molecular complexity index is 408. The minimum Gasteiger partial charge on any atom is -0.493 e. The first-order valence-corrected chi connectivity index (χ1v) is 5.72. The average molecular weight is 238 g/mol. The summed E-state index contributed by atoms with van der Waals surface area (Å²) in [5.41, 5.74) is 2.94. The summed E-state index contributed by atoms with van der Waals surface area (Å²) < 4.78 is 10.8. The SMILES string of the molecule is COc1cc(C)c(C)c(C(C)(C)CO)c1OC. The molecule has 0 aliphatic heterocycles. The molecule has 96 valence electrons. The van der Waals surface area contributed by atoms with Crippen LogP contribution in [-0.4, -0.2) is 25.9 Å². The van der Waals surface area contributed by atoms with Gasteiger partial charge in [0.15, 0.2) is 11.5 Å². The first-order valence-electron chi connectivity index (χ1n) is 5.72. The van der Waals surface area contributed by atoms with Crippen LogP contribution in [0, 0.1) is 13.8 Å². The predicted molar refractivity (Wildman–Crippen MR) is 69.1 cm³/mol. The topological polar surface area (TPSA) is 38.7 Å². The van der Waals surface area contributed by atoms with E-state index in [1.165, 1.54) is 0 Å². The summed E-state index contributed by atoms with van der Waals surface area (Å²) in [6, 6.07) is 1.96. The zero-order chi connectivity index (χ0) is 13.2. The van der Waals surface area contributed by atoms with E-state index < -0.39 is 0 Å². The highest BCUT2D eigenvalue weighted by Gasteiger charge is 2.28. The predicted octanol–water partition coefficient (Wildman–Crippen LogP) is 2.59. The molecule has 0 atom stereocenters. The molecule has 0 amide bonds. The zero-order valence-corrected chi connectivity index (χ0v) is 11.5. The molecule has 0 saturated carbocycles. The lowest BCUT2D eigenvalue weighted by Gasteiger charge is -2.28. The van der Waals surface area contributed by atoms with E-state index in [9.17, 15) is 5.11 Å². The summed E-state index contributed by atoms with van der Waals surface area (Å²) >= 11 is 0. The van der Waals surface area contributed by atoms with E-state index >= 15 is 0 Å². The van der Waals surface area contributed by atoms with Gasteiger partial charge in [-0.05, 0) is 31.0 Å². The van der Waals surface area contributed by atoms with E-state index in [0.717, 1.165) is 22.4 Å². The van der Waals surface area contributed by atoms with Gasteiger partial charge in [0.1, 0.15) is 0 Å². The third-order valence-electron chi connectivity index (χ3n) is 3.26. The van der Waals surface area contributed by atoms with Crippen molar-refractivity contribution in [2.24, 2.45) is 0 Å². The molecule has 1 aromatic carbocycles. The zero-order valence-electron chi connectivity index (χ0n) is 11.5. The third kappa shape index (κ3) is 2.39. The van der Waals surface area contributed by atoms with Gasteiger partial charge in [-0.2, -0.15) is 0 Å². The van der Waals surface area contributed by atoms with Crippen molar-refractivity contribution in [2.45, 2.75) is 33.1 Å². The number of hydrogen-bond acceptors (Lipinski definition) is 3. The van der Waals surface area contributed by atoms with Gasteiger partial charge in [0.2, 0.25) is 0 Å². The van der Waals surface area contributed by atoms with E-state index in [4.69, 9.17) is 9.47 Å². The molecule has 0 aromatic heterocycles. The smallest absolute Gasteiger partial charge is 0.164 e. The van der Waals surface area contributed by atoms with E-state index in [0.29, 0.717) is 5.75 Å². The van der Waals surface area contributed by atoms with Crippen LogP contribution >= 0.6 is 0 Å². The van der Waals surface area contributed by atoms with Crippen molar-refractivity contribution in [3.63, 3.8) is 0 Å². The van der Waals surface area contributed by atoms with Crippen LogP contribution in [0.15, 0.2) is 6.07 Å². The molecule has 1 N–H and O–H groups in total. The molecule has 0 aliphatic carbocycles. The van der Waals surface area contributed by atoms with Gasteiger partial charge in [0.25, 0.3) is 0 Å². The van der Waals surface area contributed by atoms with E-state index in [-0.39, 0.29) is 12.0 Å². The Morgan fingerprint density at radius 2 is 1.76 bits per heavy atom. The van der Waals surface area contributed by atoms with Gasteiger partial charge in [0.05, 0.1) is 20.8 Å². The Morgan fingerprint density at radius 1 is 1.18 bits per heavy atom. The van der Waals surface area contributed by atoms with Crippen molar-refractivity contribution in [2.75, 3.05) is 20.8 Å². The summed E-state index contributed by atoms with van der Waals surface area (Å²) in [7, 11) is 3.26. The van der Waals surface area contributed by atoms with Crippen molar-refractivity contribution in [3.05, 3.63) is 22.8 Å². The molecule has 0 saturated heterocycles. The maximum atomic E-state index is 9.55. The summed E-state index contributed by atoms with van der Waals surface area (Å²) in [5, 5.41) is 9.55. The molecule has 17 heavy (non-hydrogen) atoms. The Kier molecular flexibility index (Phi) is 4.04. The fraction of sp³-hybridized carbons (Fsp3) is 0.571. The number of aliphatic hydroxyl groups excluding tert-OH is 1. The molecular formula is C14H22O3. The molecule has 0 radical (unpaired) electrons. The second-order valence-corrected chi connectivity index (χ2v) is 4.97. The highest BCUT2D eigenvalue weighted by atomic mass is 16.5. The molecule has 0 heterocycles. The monoisotopic (exact) mass is 238 g/mol. The number of rotatable bonds is 4. The van der Waals surface area contributed by atoms with Gasteiger partial charge >= 0.3 is 0 Å². The molecule has 3 heteroatoms. The van der Waals surface area contributed by atoms with Gasteiger partial charge in [-0.25, -0.2) is 0 Å². The van der Waals surface area contributed by atoms with Gasteiger partial charge < -0.3 is 14.6 Å². The van der Waals surface area contributed by atoms with Crippen LogP contribution in [0.3, 0.4) is 0 Å². The molecule has 0 fully saturated rings. The molecule has 1 aromatic rings. The summed E-state index contributed by atoms with van der Waals surface area (Å²) in [6.07, 6.45) is 0. The summed E-state index contributed by atoms with van der Waals surface area (Å²) in [5.74, 6) is 1.43. The normalized spacial score (nSPS) is 11.5. The number of aliphatic hydroxyl groups is 1. The summed E-state index contributed by atoms with van der Waals surface area (Å²) in [4.78, 5) is 0. The number of methoxy groups -OCH3 is 2. The van der Waals surface area contributed by atoms with Gasteiger partial charge in [-0.1, -0.05) is 13.8 Å². The van der Waals surface area contributed by atoms with Crippen LogP contribution in [0.5, 0.6) is 11.5 Å². The lowest BCUT2D eigenvalue weighted by Crippen LogP contribution is -2.25. The molecular weight excluding hydrogens is 216 g/mol. The molecule has 0 aliphatic rings. The number of benzene rings is 1. The van der Waals surface area contributed by atoms with Crippen LogP contribution in [0.1, 0.15) is 30.5 Å². The maximum absolute atomic E-state index is 9.55. The quantitative estimate of drug-likeness (QED) is 0.876. The molecule has 1 rings (SSSR count). The number of hydrogen-bond donors (Lipinski definition) is 1. The van der Waals surface area contributed by atoms with Crippen LogP contribution in [-0.2, 0) is 5.41 Å². The van der Waals surface area contributed by atoms with E-state index in [1.807, 2.05) is 33.8 Å². The number of ether oxygens (including phenoxy) is 2. The van der Waals surface area contributed by atoms with Crippen LogP contribution in [0.2, 0.25) is 0 Å². The Hall–Kier alpha value is -1.22. The van der Waals surface area contributed by atoms with Crippen molar-refractivity contribution in [1.82, 2.24) is 0 Å². The average Bonchev–Trinajstić information content (AvgIpc) is 2.31. The Balaban J connectivity index is 3.60. The summed E-state index contributed by atoms with van der Waals surface area (Å²) in [6.45, 7) is 8.14. The first-order chi connectivity index (χ1) is 7.88. The van der Waals surface area contributed by atoms with Crippen LogP contribution in [0.25, 0.3) is 0 Å². The largest absolute Gasteiger partial charge is 0.493 e. The Labute approximate surface area is 103 Å². The maximum Gasteiger partial charge on any atom is 0.164 e. The molecule has 3 nitrogen and oxygen atoms in total. The van der Waals surface area contributed by atoms with Crippen molar-refractivity contribution in [3.8, 4) is 11.5 Å². The van der Waals surface area contributed by atoms with Gasteiger partial charge in [-0.3, -0.25) is 0 Å². The molecule has 0 unspecified atom stereocenters. The fourth-order valence-corrected chi connectivity index (χ4v) is 2.11. The van der Waals surface area contributed by atoms with Gasteiger partial charge in [-0.15, -0.1) is 0 Å². The minimum absolute atomic E-state index is 0.0663. The van der Waals surface area contributed by atoms with Crippen LogP contribution in [0.4, 0.5) is 0 Å². The first kappa shape index (κ1) is 13.8. The van der Waals surface area contributed by atoms with Gasteiger partial charge in [0, 0.05) is 11.0 Å². The lowest BCUT2D eigenvalue weighted by molar-refractivity contribution is 0.213. The van der Waals surface area contributed by atoms with Crippen molar-refractivity contribution >= 4 is 0 Å². The molecule has 0 bridgehead atoms. The van der Waals surface area contributed by atoms with Crippen molar-refractivity contribution < 1.29 is 14.6 Å². The van der Waals surface area contributed by atoms with Crippen molar-refractivity contribution in [1.29, 1.82) is 0 Å². The lowest BCUT2D eigenvalue weighted by atomic mass is 9.80. The Morgan fingerprint density at radius 3 is 2.18 bits per heavy atom.